The molecule has 0 N–H and O–H groups in total. The van der Waals surface area contributed by atoms with E-state index in [1.54, 1.807) is 0 Å². The summed E-state index contributed by atoms with van der Waals surface area (Å²) in [5.74, 6) is 1.44. The second-order valence-corrected chi connectivity index (χ2v) is 3.25. The fourth-order valence-corrected chi connectivity index (χ4v) is 1.26. The summed E-state index contributed by atoms with van der Waals surface area (Å²) < 4.78 is 0. The molecular weight excluding hydrogens is 148 g/mol. The number of aryl methyl sites for hydroxylation is 1. The van der Waals surface area contributed by atoms with Gasteiger partial charge in [-0.3, -0.25) is 0 Å². The molecule has 0 fully saturated rings. The minimum atomic E-state index is 0.593. The van der Waals surface area contributed by atoms with E-state index >= 15 is 0 Å². The second-order valence-electron chi connectivity index (χ2n) is 3.25. The van der Waals surface area contributed by atoms with Gasteiger partial charge in [-0.2, -0.15) is 0 Å². The van der Waals surface area contributed by atoms with Gasteiger partial charge >= 0.3 is 0 Å². The lowest BCUT2D eigenvalue weighted by Crippen LogP contribution is -1.96. The summed E-state index contributed by atoms with van der Waals surface area (Å²) in [7, 11) is 0. The first-order valence-corrected chi connectivity index (χ1v) is 4.52. The van der Waals surface area contributed by atoms with E-state index < -0.39 is 0 Å². The molecule has 1 aromatic heterocycles. The van der Waals surface area contributed by atoms with Crippen LogP contribution in [-0.4, -0.2) is 9.97 Å². The van der Waals surface area contributed by atoms with Crippen molar-refractivity contribution in [2.75, 3.05) is 0 Å². The van der Waals surface area contributed by atoms with E-state index in [0.29, 0.717) is 5.92 Å². The fraction of sp³-hybridized carbons (Fsp3) is 0.600. The molecule has 0 spiro atoms. The second kappa shape index (κ2) is 4.19. The Bertz CT molecular complexity index is 228. The third-order valence-electron chi connectivity index (χ3n) is 2.09. The van der Waals surface area contributed by atoms with Crippen molar-refractivity contribution in [2.45, 2.75) is 39.5 Å². The highest BCUT2D eigenvalue weighted by Crippen LogP contribution is 2.18. The smallest absolute Gasteiger partial charge is 0.125 e. The highest BCUT2D eigenvalue weighted by atomic mass is 14.8. The zero-order chi connectivity index (χ0) is 8.97. The molecule has 0 saturated heterocycles. The van der Waals surface area contributed by atoms with E-state index in [4.69, 9.17) is 0 Å². The minimum absolute atomic E-state index is 0.593. The Morgan fingerprint density at radius 2 is 1.92 bits per heavy atom. The maximum absolute atomic E-state index is 4.17. The van der Waals surface area contributed by atoms with Crippen LogP contribution in [0.25, 0.3) is 0 Å². The number of hydrogen-bond donors (Lipinski definition) is 0. The third-order valence-corrected chi connectivity index (χ3v) is 2.09. The topological polar surface area (TPSA) is 25.8 Å². The van der Waals surface area contributed by atoms with Gasteiger partial charge in [0.05, 0.1) is 0 Å². The van der Waals surface area contributed by atoms with Gasteiger partial charge in [0.15, 0.2) is 0 Å². The van der Waals surface area contributed by atoms with Crippen LogP contribution < -0.4 is 0 Å². The molecule has 2 heteroatoms. The van der Waals surface area contributed by atoms with Crippen LogP contribution in [-0.2, 0) is 0 Å². The van der Waals surface area contributed by atoms with E-state index in [0.717, 1.165) is 5.82 Å². The summed E-state index contributed by atoms with van der Waals surface area (Å²) in [6.07, 6.45) is 6.30. The summed E-state index contributed by atoms with van der Waals surface area (Å²) in [6.45, 7) is 6.33. The van der Waals surface area contributed by atoms with Crippen LogP contribution in [0.15, 0.2) is 12.4 Å². The van der Waals surface area contributed by atoms with Crippen LogP contribution in [0, 0.1) is 6.92 Å². The molecule has 0 amide bonds. The number of aromatic nitrogens is 2. The van der Waals surface area contributed by atoms with Crippen molar-refractivity contribution in [3.8, 4) is 0 Å². The van der Waals surface area contributed by atoms with Gasteiger partial charge in [0.2, 0.25) is 0 Å². The Hall–Kier alpha value is -0.920. The molecular formula is C10H16N2. The molecule has 1 aromatic rings. The van der Waals surface area contributed by atoms with Crippen LogP contribution in [0.4, 0.5) is 0 Å². The molecule has 66 valence electrons. The first-order valence-electron chi connectivity index (χ1n) is 4.52. The van der Waals surface area contributed by atoms with E-state index in [2.05, 4.69) is 23.8 Å². The first kappa shape index (κ1) is 9.17. The van der Waals surface area contributed by atoms with Crippen molar-refractivity contribution < 1.29 is 0 Å². The largest absolute Gasteiger partial charge is 0.241 e. The Labute approximate surface area is 74.1 Å². The zero-order valence-corrected chi connectivity index (χ0v) is 8.04. The lowest BCUT2D eigenvalue weighted by atomic mass is 10.00. The van der Waals surface area contributed by atoms with Crippen molar-refractivity contribution in [1.82, 2.24) is 9.97 Å². The van der Waals surface area contributed by atoms with Crippen molar-refractivity contribution in [3.63, 3.8) is 0 Å². The molecule has 0 aliphatic heterocycles. The summed E-state index contributed by atoms with van der Waals surface area (Å²) in [5.41, 5.74) is 1.25. The summed E-state index contributed by atoms with van der Waals surface area (Å²) in [5, 5.41) is 0. The lowest BCUT2D eigenvalue weighted by Gasteiger charge is -2.08. The lowest BCUT2D eigenvalue weighted by molar-refractivity contribution is 0.658. The van der Waals surface area contributed by atoms with Gasteiger partial charge in [-0.05, 0) is 24.8 Å². The summed E-state index contributed by atoms with van der Waals surface area (Å²) >= 11 is 0. The Kier molecular flexibility index (Phi) is 3.20. The predicted molar refractivity (Wildman–Crippen MR) is 50.1 cm³/mol. The molecule has 1 atom stereocenters. The summed E-state index contributed by atoms with van der Waals surface area (Å²) in [4.78, 5) is 8.34. The maximum Gasteiger partial charge on any atom is 0.125 e. The first-order chi connectivity index (χ1) is 5.74. The zero-order valence-electron chi connectivity index (χ0n) is 8.04. The SMILES string of the molecule is CCCC(C)c1cnc(C)nc1. The third kappa shape index (κ3) is 2.29. The van der Waals surface area contributed by atoms with Crippen molar-refractivity contribution in [1.29, 1.82) is 0 Å². The van der Waals surface area contributed by atoms with Gasteiger partial charge in [0, 0.05) is 12.4 Å². The highest BCUT2D eigenvalue weighted by molar-refractivity contribution is 5.10. The molecule has 2 nitrogen and oxygen atoms in total. The van der Waals surface area contributed by atoms with Gasteiger partial charge in [-0.1, -0.05) is 20.3 Å². The van der Waals surface area contributed by atoms with Crippen LogP contribution in [0.3, 0.4) is 0 Å². The molecule has 0 radical (unpaired) electrons. The van der Waals surface area contributed by atoms with Gasteiger partial charge in [0.1, 0.15) is 5.82 Å². The van der Waals surface area contributed by atoms with Gasteiger partial charge in [-0.25, -0.2) is 9.97 Å². The predicted octanol–water partition coefficient (Wildman–Crippen LogP) is 2.69. The van der Waals surface area contributed by atoms with Gasteiger partial charge < -0.3 is 0 Å². The van der Waals surface area contributed by atoms with Crippen molar-refractivity contribution in [3.05, 3.63) is 23.8 Å². The molecule has 0 bridgehead atoms. The molecule has 1 unspecified atom stereocenters. The maximum atomic E-state index is 4.17. The Morgan fingerprint density at radius 3 is 2.42 bits per heavy atom. The average molecular weight is 164 g/mol. The minimum Gasteiger partial charge on any atom is -0.241 e. The van der Waals surface area contributed by atoms with E-state index in [1.807, 2.05) is 19.3 Å². The average Bonchev–Trinajstić information content (AvgIpc) is 2.06. The van der Waals surface area contributed by atoms with E-state index in [9.17, 15) is 0 Å². The standard InChI is InChI=1S/C10H16N2/c1-4-5-8(2)10-6-11-9(3)12-7-10/h6-8H,4-5H2,1-3H3. The van der Waals surface area contributed by atoms with Gasteiger partial charge in [-0.15, -0.1) is 0 Å². The van der Waals surface area contributed by atoms with Gasteiger partial charge in [0.25, 0.3) is 0 Å². The molecule has 0 aliphatic rings. The molecule has 0 saturated carbocycles. The van der Waals surface area contributed by atoms with Crippen molar-refractivity contribution >= 4 is 0 Å². The number of rotatable bonds is 3. The normalized spacial score (nSPS) is 12.9. The molecule has 0 aromatic carbocycles. The molecule has 1 heterocycles. The Balaban J connectivity index is 2.68. The monoisotopic (exact) mass is 164 g/mol. The summed E-state index contributed by atoms with van der Waals surface area (Å²) in [6, 6.07) is 0. The quantitative estimate of drug-likeness (QED) is 0.686. The van der Waals surface area contributed by atoms with Crippen LogP contribution in [0.5, 0.6) is 0 Å². The molecule has 0 aliphatic carbocycles. The van der Waals surface area contributed by atoms with Crippen molar-refractivity contribution in [2.24, 2.45) is 0 Å². The Morgan fingerprint density at radius 1 is 1.33 bits per heavy atom. The van der Waals surface area contributed by atoms with E-state index in [1.165, 1.54) is 18.4 Å². The number of nitrogens with zero attached hydrogens (tertiary/aromatic N) is 2. The van der Waals surface area contributed by atoms with Crippen LogP contribution in [0.2, 0.25) is 0 Å². The number of hydrogen-bond acceptors (Lipinski definition) is 2. The fourth-order valence-electron chi connectivity index (χ4n) is 1.26. The molecule has 12 heavy (non-hydrogen) atoms. The highest BCUT2D eigenvalue weighted by Gasteiger charge is 2.03. The van der Waals surface area contributed by atoms with Crippen LogP contribution in [0.1, 0.15) is 44.0 Å². The van der Waals surface area contributed by atoms with Crippen LogP contribution >= 0.6 is 0 Å². The molecule has 1 rings (SSSR count). The van der Waals surface area contributed by atoms with E-state index in [-0.39, 0.29) is 0 Å².